The molecule has 1 aliphatic rings. The molecular weight excluding hydrogens is 308 g/mol. The van der Waals surface area contributed by atoms with Gasteiger partial charge in [0.2, 0.25) is 0 Å². The summed E-state index contributed by atoms with van der Waals surface area (Å²) in [6.45, 7) is 9.38. The van der Waals surface area contributed by atoms with Crippen LogP contribution in [0.3, 0.4) is 0 Å². The molecule has 1 fully saturated rings. The Hall–Kier alpha value is -1.99. The summed E-state index contributed by atoms with van der Waals surface area (Å²) in [4.78, 5) is 6.40. The first-order valence-corrected chi connectivity index (χ1v) is 8.77. The molecule has 23 heavy (non-hydrogen) atoms. The summed E-state index contributed by atoms with van der Waals surface area (Å²) < 4.78 is 1.78. The zero-order valence-corrected chi connectivity index (χ0v) is 14.3. The van der Waals surface area contributed by atoms with Crippen LogP contribution in [0, 0.1) is 13.8 Å². The van der Waals surface area contributed by atoms with Gasteiger partial charge in [-0.05, 0) is 30.9 Å². The Labute approximate surface area is 139 Å². The van der Waals surface area contributed by atoms with Crippen molar-refractivity contribution in [2.45, 2.75) is 20.4 Å². The van der Waals surface area contributed by atoms with Gasteiger partial charge in [-0.15, -0.1) is 21.5 Å². The second-order valence-corrected chi connectivity index (χ2v) is 7.02. The molecule has 0 amide bonds. The number of rotatable bonds is 3. The van der Waals surface area contributed by atoms with Crippen molar-refractivity contribution in [3.63, 3.8) is 0 Å². The average molecular weight is 328 g/mol. The summed E-state index contributed by atoms with van der Waals surface area (Å²) in [5.74, 6) is 0.822. The minimum Gasteiger partial charge on any atom is -0.368 e. The van der Waals surface area contributed by atoms with Crippen LogP contribution in [0.5, 0.6) is 0 Å². The van der Waals surface area contributed by atoms with Crippen LogP contribution >= 0.6 is 11.3 Å². The highest BCUT2D eigenvalue weighted by atomic mass is 32.1. The smallest absolute Gasteiger partial charge is 0.179 e. The molecule has 0 aromatic carbocycles. The van der Waals surface area contributed by atoms with Crippen molar-refractivity contribution < 1.29 is 0 Å². The molecule has 0 N–H and O–H groups in total. The zero-order chi connectivity index (χ0) is 15.8. The van der Waals surface area contributed by atoms with Crippen molar-refractivity contribution in [3.8, 4) is 0 Å². The van der Waals surface area contributed by atoms with E-state index >= 15 is 0 Å². The van der Waals surface area contributed by atoms with Gasteiger partial charge < -0.3 is 4.90 Å². The average Bonchev–Trinajstić information content (AvgIpc) is 3.14. The highest BCUT2D eigenvalue weighted by molar-refractivity contribution is 7.10. The van der Waals surface area contributed by atoms with E-state index in [1.165, 1.54) is 10.4 Å². The van der Waals surface area contributed by atoms with Crippen LogP contribution in [0.25, 0.3) is 5.65 Å². The Morgan fingerprint density at radius 2 is 1.96 bits per heavy atom. The maximum atomic E-state index is 4.45. The molecule has 0 radical (unpaired) electrons. The van der Waals surface area contributed by atoms with Crippen LogP contribution in [0.2, 0.25) is 0 Å². The predicted octanol–water partition coefficient (Wildman–Crippen LogP) is 2.12. The van der Waals surface area contributed by atoms with E-state index in [0.717, 1.165) is 49.9 Å². The van der Waals surface area contributed by atoms with Crippen LogP contribution in [-0.2, 0) is 6.54 Å². The number of thiophene rings is 1. The van der Waals surface area contributed by atoms with Crippen molar-refractivity contribution in [1.82, 2.24) is 24.7 Å². The molecular formula is C16H20N6S. The summed E-state index contributed by atoms with van der Waals surface area (Å²) in [5.41, 5.74) is 3.36. The standard InChI is InChI=1S/C16H20N6S/c1-12-3-8-23-15(12)11-20-4-6-21(7-5-20)14-9-16-19-18-13(2)22(16)17-10-14/h3,8-10H,4-7,11H2,1-2H3. The van der Waals surface area contributed by atoms with E-state index in [2.05, 4.69) is 49.5 Å². The first-order chi connectivity index (χ1) is 11.2. The van der Waals surface area contributed by atoms with E-state index in [-0.39, 0.29) is 0 Å². The molecule has 1 saturated heterocycles. The second kappa shape index (κ2) is 5.90. The van der Waals surface area contributed by atoms with Crippen LogP contribution in [0.15, 0.2) is 23.7 Å². The van der Waals surface area contributed by atoms with Gasteiger partial charge in [0.15, 0.2) is 11.5 Å². The van der Waals surface area contributed by atoms with Gasteiger partial charge in [0, 0.05) is 43.7 Å². The Morgan fingerprint density at radius 3 is 2.70 bits per heavy atom. The predicted molar refractivity (Wildman–Crippen MR) is 92.1 cm³/mol. The number of hydrogen-bond acceptors (Lipinski definition) is 6. The number of fused-ring (bicyclic) bond motifs is 1. The SMILES string of the molecule is Cc1ccsc1CN1CCN(c2cnn3c(C)nnc3c2)CC1. The van der Waals surface area contributed by atoms with Gasteiger partial charge >= 0.3 is 0 Å². The van der Waals surface area contributed by atoms with Crippen molar-refractivity contribution in [2.24, 2.45) is 0 Å². The zero-order valence-electron chi connectivity index (χ0n) is 13.4. The van der Waals surface area contributed by atoms with E-state index in [0.29, 0.717) is 0 Å². The van der Waals surface area contributed by atoms with Crippen LogP contribution < -0.4 is 4.90 Å². The van der Waals surface area contributed by atoms with Gasteiger partial charge in [-0.3, -0.25) is 4.90 Å². The van der Waals surface area contributed by atoms with Crippen molar-refractivity contribution in [3.05, 3.63) is 40.0 Å². The molecule has 0 saturated carbocycles. The number of aryl methyl sites for hydroxylation is 2. The van der Waals surface area contributed by atoms with Crippen molar-refractivity contribution in [1.29, 1.82) is 0 Å². The lowest BCUT2D eigenvalue weighted by Gasteiger charge is -2.35. The van der Waals surface area contributed by atoms with Gasteiger partial charge in [-0.1, -0.05) is 0 Å². The minimum absolute atomic E-state index is 0.816. The lowest BCUT2D eigenvalue weighted by Crippen LogP contribution is -2.46. The number of anilines is 1. The first kappa shape index (κ1) is 14.6. The maximum absolute atomic E-state index is 4.45. The van der Waals surface area contributed by atoms with Gasteiger partial charge in [0.25, 0.3) is 0 Å². The highest BCUT2D eigenvalue weighted by Gasteiger charge is 2.19. The number of piperazine rings is 1. The molecule has 0 atom stereocenters. The molecule has 0 bridgehead atoms. The minimum atomic E-state index is 0.816. The third-order valence-corrected chi connectivity index (χ3v) is 5.48. The lowest BCUT2D eigenvalue weighted by molar-refractivity contribution is 0.251. The topological polar surface area (TPSA) is 49.6 Å². The number of nitrogens with zero attached hydrogens (tertiary/aromatic N) is 6. The Balaban J connectivity index is 1.43. The molecule has 0 aliphatic carbocycles. The fourth-order valence-corrected chi connectivity index (χ4v) is 3.95. The summed E-state index contributed by atoms with van der Waals surface area (Å²) in [6.07, 6.45) is 1.92. The van der Waals surface area contributed by atoms with E-state index in [4.69, 9.17) is 0 Å². The molecule has 4 heterocycles. The fraction of sp³-hybridized carbons (Fsp3) is 0.438. The Bertz CT molecular complexity index is 815. The third kappa shape index (κ3) is 2.82. The number of aromatic nitrogens is 4. The monoisotopic (exact) mass is 328 g/mol. The molecule has 1 aliphatic heterocycles. The lowest BCUT2D eigenvalue weighted by atomic mass is 10.2. The molecule has 3 aromatic heterocycles. The molecule has 6 nitrogen and oxygen atoms in total. The summed E-state index contributed by atoms with van der Waals surface area (Å²) in [5, 5.41) is 14.9. The van der Waals surface area contributed by atoms with Gasteiger partial charge in [-0.25, -0.2) is 0 Å². The summed E-state index contributed by atoms with van der Waals surface area (Å²) >= 11 is 1.86. The van der Waals surface area contributed by atoms with Gasteiger partial charge in [0.1, 0.15) is 0 Å². The normalized spacial score (nSPS) is 16.3. The van der Waals surface area contributed by atoms with Crippen molar-refractivity contribution in [2.75, 3.05) is 31.1 Å². The highest BCUT2D eigenvalue weighted by Crippen LogP contribution is 2.21. The van der Waals surface area contributed by atoms with Crippen molar-refractivity contribution >= 4 is 22.7 Å². The van der Waals surface area contributed by atoms with E-state index in [1.54, 1.807) is 4.52 Å². The van der Waals surface area contributed by atoms with Gasteiger partial charge in [-0.2, -0.15) is 9.61 Å². The van der Waals surface area contributed by atoms with Crippen LogP contribution in [0.1, 0.15) is 16.3 Å². The second-order valence-electron chi connectivity index (χ2n) is 6.02. The van der Waals surface area contributed by atoms with E-state index < -0.39 is 0 Å². The molecule has 120 valence electrons. The third-order valence-electron chi connectivity index (χ3n) is 4.48. The Kier molecular flexibility index (Phi) is 3.74. The van der Waals surface area contributed by atoms with E-state index in [9.17, 15) is 0 Å². The number of hydrogen-bond donors (Lipinski definition) is 0. The maximum Gasteiger partial charge on any atom is 0.179 e. The fourth-order valence-electron chi connectivity index (χ4n) is 3.00. The van der Waals surface area contributed by atoms with Crippen LogP contribution in [-0.4, -0.2) is 50.9 Å². The van der Waals surface area contributed by atoms with E-state index in [1.807, 2.05) is 24.5 Å². The summed E-state index contributed by atoms with van der Waals surface area (Å²) in [6, 6.07) is 4.28. The molecule has 0 unspecified atom stereocenters. The quantitative estimate of drug-likeness (QED) is 0.737. The molecule has 7 heteroatoms. The first-order valence-electron chi connectivity index (χ1n) is 7.89. The molecule has 0 spiro atoms. The molecule has 3 aromatic rings. The van der Waals surface area contributed by atoms with Crippen LogP contribution in [0.4, 0.5) is 5.69 Å². The Morgan fingerprint density at radius 1 is 1.13 bits per heavy atom. The summed E-state index contributed by atoms with van der Waals surface area (Å²) in [7, 11) is 0. The molecule has 4 rings (SSSR count). The van der Waals surface area contributed by atoms with Gasteiger partial charge in [0.05, 0.1) is 11.9 Å². The largest absolute Gasteiger partial charge is 0.368 e.